The van der Waals surface area contributed by atoms with Gasteiger partial charge in [0.05, 0.1) is 23.8 Å². The SMILES string of the molecule is Cc1cncc(C(=O)N2CCn3cc(C(=O)NCc4ccccn4)nc3[C@H]2C)c1. The Morgan fingerprint density at radius 2 is 2.10 bits per heavy atom. The summed E-state index contributed by atoms with van der Waals surface area (Å²) >= 11 is 0. The van der Waals surface area contributed by atoms with Gasteiger partial charge in [0.1, 0.15) is 11.5 Å². The van der Waals surface area contributed by atoms with E-state index in [-0.39, 0.29) is 17.9 Å². The van der Waals surface area contributed by atoms with Gasteiger partial charge in [0.25, 0.3) is 11.8 Å². The number of hydrogen-bond acceptors (Lipinski definition) is 5. The topological polar surface area (TPSA) is 93.0 Å². The zero-order valence-corrected chi connectivity index (χ0v) is 16.4. The number of nitrogens with one attached hydrogen (secondary N) is 1. The van der Waals surface area contributed by atoms with E-state index < -0.39 is 0 Å². The van der Waals surface area contributed by atoms with E-state index in [0.717, 1.165) is 11.3 Å². The van der Waals surface area contributed by atoms with Crippen LogP contribution in [0.25, 0.3) is 0 Å². The van der Waals surface area contributed by atoms with Gasteiger partial charge in [-0.15, -0.1) is 0 Å². The molecule has 0 saturated carbocycles. The van der Waals surface area contributed by atoms with Crippen molar-refractivity contribution in [2.75, 3.05) is 6.54 Å². The third-order valence-corrected chi connectivity index (χ3v) is 5.00. The summed E-state index contributed by atoms with van der Waals surface area (Å²) in [6.07, 6.45) is 6.74. The molecule has 8 nitrogen and oxygen atoms in total. The average Bonchev–Trinajstić information content (AvgIpc) is 3.18. The predicted molar refractivity (Wildman–Crippen MR) is 106 cm³/mol. The van der Waals surface area contributed by atoms with Crippen LogP contribution < -0.4 is 5.32 Å². The van der Waals surface area contributed by atoms with Crippen molar-refractivity contribution in [3.8, 4) is 0 Å². The fourth-order valence-electron chi connectivity index (χ4n) is 3.48. The Labute approximate surface area is 168 Å². The minimum atomic E-state index is -0.259. The van der Waals surface area contributed by atoms with Gasteiger partial charge in [0.15, 0.2) is 0 Å². The van der Waals surface area contributed by atoms with Crippen molar-refractivity contribution >= 4 is 11.8 Å². The summed E-state index contributed by atoms with van der Waals surface area (Å²) in [7, 11) is 0. The lowest BCUT2D eigenvalue weighted by Crippen LogP contribution is -2.41. The van der Waals surface area contributed by atoms with Crippen LogP contribution in [0.2, 0.25) is 0 Å². The van der Waals surface area contributed by atoms with E-state index in [1.807, 2.05) is 42.7 Å². The Balaban J connectivity index is 1.48. The lowest BCUT2D eigenvalue weighted by atomic mass is 10.1. The van der Waals surface area contributed by atoms with Crippen LogP contribution in [-0.2, 0) is 13.1 Å². The number of nitrogens with zero attached hydrogens (tertiary/aromatic N) is 5. The number of imidazole rings is 1. The molecule has 1 aliphatic heterocycles. The second kappa shape index (κ2) is 7.83. The summed E-state index contributed by atoms with van der Waals surface area (Å²) in [5.74, 6) is 0.364. The maximum Gasteiger partial charge on any atom is 0.271 e. The summed E-state index contributed by atoms with van der Waals surface area (Å²) in [5.41, 5.74) is 2.62. The van der Waals surface area contributed by atoms with Gasteiger partial charge in [0, 0.05) is 37.9 Å². The van der Waals surface area contributed by atoms with Crippen LogP contribution >= 0.6 is 0 Å². The molecule has 0 radical (unpaired) electrons. The van der Waals surface area contributed by atoms with Crippen molar-refractivity contribution in [2.45, 2.75) is 33.0 Å². The zero-order valence-electron chi connectivity index (χ0n) is 16.4. The molecule has 4 rings (SSSR count). The number of pyridine rings is 2. The first-order chi connectivity index (χ1) is 14.0. The molecular weight excluding hydrogens is 368 g/mol. The molecule has 2 amide bonds. The average molecular weight is 390 g/mol. The first-order valence-corrected chi connectivity index (χ1v) is 9.50. The highest BCUT2D eigenvalue weighted by molar-refractivity contribution is 5.94. The summed E-state index contributed by atoms with van der Waals surface area (Å²) in [4.78, 5) is 40.0. The number of hydrogen-bond donors (Lipinski definition) is 1. The molecule has 1 aliphatic rings. The van der Waals surface area contributed by atoms with Crippen LogP contribution in [0.1, 0.15) is 50.9 Å². The maximum atomic E-state index is 12.9. The Morgan fingerprint density at radius 1 is 1.24 bits per heavy atom. The highest BCUT2D eigenvalue weighted by Crippen LogP contribution is 2.26. The number of rotatable bonds is 4. The second-order valence-corrected chi connectivity index (χ2v) is 7.11. The summed E-state index contributed by atoms with van der Waals surface area (Å²) in [6, 6.07) is 7.15. The van der Waals surface area contributed by atoms with Crippen LogP contribution in [0.4, 0.5) is 0 Å². The maximum absolute atomic E-state index is 12.9. The molecule has 8 heteroatoms. The molecule has 0 spiro atoms. The fourth-order valence-corrected chi connectivity index (χ4v) is 3.48. The monoisotopic (exact) mass is 390 g/mol. The van der Waals surface area contributed by atoms with Crippen molar-refractivity contribution in [1.29, 1.82) is 0 Å². The third kappa shape index (κ3) is 3.87. The number of carbonyl (C=O) groups is 2. The molecule has 0 saturated heterocycles. The summed E-state index contributed by atoms with van der Waals surface area (Å²) < 4.78 is 1.94. The molecule has 0 bridgehead atoms. The van der Waals surface area contributed by atoms with Gasteiger partial charge < -0.3 is 14.8 Å². The Hall–Kier alpha value is -3.55. The van der Waals surface area contributed by atoms with Gasteiger partial charge in [-0.05, 0) is 37.6 Å². The fraction of sp³-hybridized carbons (Fsp3) is 0.286. The van der Waals surface area contributed by atoms with Gasteiger partial charge in [-0.1, -0.05) is 6.07 Å². The largest absolute Gasteiger partial charge is 0.345 e. The number of fused-ring (bicyclic) bond motifs is 1. The highest BCUT2D eigenvalue weighted by Gasteiger charge is 2.31. The molecule has 0 aromatic carbocycles. The summed E-state index contributed by atoms with van der Waals surface area (Å²) in [6.45, 7) is 5.31. The van der Waals surface area contributed by atoms with Crippen molar-refractivity contribution in [3.63, 3.8) is 0 Å². The van der Waals surface area contributed by atoms with Crippen LogP contribution in [-0.4, -0.2) is 42.8 Å². The van der Waals surface area contributed by atoms with E-state index in [1.165, 1.54) is 0 Å². The molecule has 3 aromatic rings. The number of aryl methyl sites for hydroxylation is 1. The molecule has 4 heterocycles. The van der Waals surface area contributed by atoms with Crippen LogP contribution in [0.15, 0.2) is 49.1 Å². The van der Waals surface area contributed by atoms with E-state index in [0.29, 0.717) is 36.7 Å². The van der Waals surface area contributed by atoms with Crippen LogP contribution in [0.5, 0.6) is 0 Å². The van der Waals surface area contributed by atoms with Gasteiger partial charge >= 0.3 is 0 Å². The smallest absolute Gasteiger partial charge is 0.271 e. The summed E-state index contributed by atoms with van der Waals surface area (Å²) in [5, 5.41) is 2.84. The van der Waals surface area contributed by atoms with Gasteiger partial charge in [-0.3, -0.25) is 19.6 Å². The standard InChI is InChI=1S/C21H22N6O2/c1-14-9-16(11-22-10-14)21(29)27-8-7-26-13-18(25-19(26)15(27)2)20(28)24-12-17-5-3-4-6-23-17/h3-6,9-11,13,15H,7-8,12H2,1-2H3,(H,24,28)/t15-/m1/s1. The van der Waals surface area contributed by atoms with E-state index in [9.17, 15) is 9.59 Å². The zero-order chi connectivity index (χ0) is 20.4. The van der Waals surface area contributed by atoms with Gasteiger partial charge in [-0.2, -0.15) is 0 Å². The van der Waals surface area contributed by atoms with E-state index in [4.69, 9.17) is 0 Å². The van der Waals surface area contributed by atoms with Crippen molar-refractivity contribution in [1.82, 2.24) is 29.7 Å². The molecule has 0 aliphatic carbocycles. The van der Waals surface area contributed by atoms with E-state index >= 15 is 0 Å². The second-order valence-electron chi connectivity index (χ2n) is 7.11. The van der Waals surface area contributed by atoms with E-state index in [2.05, 4.69) is 20.3 Å². The number of aromatic nitrogens is 4. The highest BCUT2D eigenvalue weighted by atomic mass is 16.2. The minimum Gasteiger partial charge on any atom is -0.345 e. The molecule has 29 heavy (non-hydrogen) atoms. The number of amides is 2. The molecule has 0 fully saturated rings. The van der Waals surface area contributed by atoms with Crippen LogP contribution in [0, 0.1) is 6.92 Å². The molecule has 1 N–H and O–H groups in total. The lowest BCUT2D eigenvalue weighted by molar-refractivity contribution is 0.0637. The Bertz CT molecular complexity index is 1050. The van der Waals surface area contributed by atoms with E-state index in [1.54, 1.807) is 29.7 Å². The number of carbonyl (C=O) groups excluding carboxylic acids is 2. The Morgan fingerprint density at radius 3 is 2.86 bits per heavy atom. The van der Waals surface area contributed by atoms with Crippen molar-refractivity contribution < 1.29 is 9.59 Å². The Kier molecular flexibility index (Phi) is 5.07. The molecule has 0 unspecified atom stereocenters. The quantitative estimate of drug-likeness (QED) is 0.737. The third-order valence-electron chi connectivity index (χ3n) is 5.00. The van der Waals surface area contributed by atoms with Crippen LogP contribution in [0.3, 0.4) is 0 Å². The first kappa shape index (κ1) is 18.8. The van der Waals surface area contributed by atoms with Crippen molar-refractivity contribution in [2.24, 2.45) is 0 Å². The first-order valence-electron chi connectivity index (χ1n) is 9.50. The predicted octanol–water partition coefficient (Wildman–Crippen LogP) is 2.13. The minimum absolute atomic E-state index is 0.0795. The normalized spacial score (nSPS) is 15.7. The lowest BCUT2D eigenvalue weighted by Gasteiger charge is -2.33. The molecule has 3 aromatic heterocycles. The van der Waals surface area contributed by atoms with Crippen molar-refractivity contribution in [3.05, 3.63) is 77.4 Å². The van der Waals surface area contributed by atoms with Gasteiger partial charge in [0.2, 0.25) is 0 Å². The molecule has 148 valence electrons. The van der Waals surface area contributed by atoms with Gasteiger partial charge in [-0.25, -0.2) is 4.98 Å². The molecular formula is C21H22N6O2. The molecule has 1 atom stereocenters.